The lowest BCUT2D eigenvalue weighted by molar-refractivity contribution is -0.223. The molecule has 94 valence electrons. The molecule has 0 bridgehead atoms. The van der Waals surface area contributed by atoms with Crippen LogP contribution in [0.15, 0.2) is 12.2 Å². The lowest BCUT2D eigenvalue weighted by Crippen LogP contribution is -2.57. The van der Waals surface area contributed by atoms with E-state index in [1.807, 2.05) is 0 Å². The van der Waals surface area contributed by atoms with Crippen LogP contribution in [-0.4, -0.2) is 53.7 Å². The summed E-state index contributed by atoms with van der Waals surface area (Å²) in [5.74, 6) is 0.334. The van der Waals surface area contributed by atoms with Gasteiger partial charge in [-0.15, -0.1) is 11.6 Å². The summed E-state index contributed by atoms with van der Waals surface area (Å²) in [6.45, 7) is 5.52. The Balaban J connectivity index is 2.68. The fourth-order valence-corrected chi connectivity index (χ4v) is 2.01. The SMILES string of the molecule is C=C(CCl)CC1OC(C)[C@H](O)C(OC)C1O. The first-order valence-corrected chi connectivity index (χ1v) is 5.81. The average molecular weight is 251 g/mol. The van der Waals surface area contributed by atoms with Crippen molar-refractivity contribution >= 4 is 11.6 Å². The summed E-state index contributed by atoms with van der Waals surface area (Å²) in [6, 6.07) is 0. The van der Waals surface area contributed by atoms with Crippen molar-refractivity contribution in [3.63, 3.8) is 0 Å². The van der Waals surface area contributed by atoms with Gasteiger partial charge in [0, 0.05) is 13.0 Å². The molecule has 1 heterocycles. The van der Waals surface area contributed by atoms with E-state index in [0.717, 1.165) is 5.57 Å². The van der Waals surface area contributed by atoms with E-state index in [-0.39, 0.29) is 6.10 Å². The van der Waals surface area contributed by atoms with E-state index in [1.54, 1.807) is 6.92 Å². The van der Waals surface area contributed by atoms with Gasteiger partial charge in [-0.1, -0.05) is 12.2 Å². The molecule has 0 radical (unpaired) electrons. The number of ether oxygens (including phenoxy) is 2. The van der Waals surface area contributed by atoms with Crippen LogP contribution in [0.5, 0.6) is 0 Å². The maximum absolute atomic E-state index is 9.97. The molecule has 1 saturated heterocycles. The van der Waals surface area contributed by atoms with E-state index < -0.39 is 24.4 Å². The Morgan fingerprint density at radius 1 is 1.44 bits per heavy atom. The van der Waals surface area contributed by atoms with Crippen molar-refractivity contribution in [2.75, 3.05) is 13.0 Å². The van der Waals surface area contributed by atoms with Gasteiger partial charge in [-0.25, -0.2) is 0 Å². The number of hydrogen-bond donors (Lipinski definition) is 2. The van der Waals surface area contributed by atoms with Gasteiger partial charge in [0.1, 0.15) is 18.3 Å². The summed E-state index contributed by atoms with van der Waals surface area (Å²) in [4.78, 5) is 0. The highest BCUT2D eigenvalue weighted by Gasteiger charge is 2.42. The second kappa shape index (κ2) is 5.98. The fourth-order valence-electron chi connectivity index (χ4n) is 1.90. The summed E-state index contributed by atoms with van der Waals surface area (Å²) < 4.78 is 10.6. The van der Waals surface area contributed by atoms with E-state index in [2.05, 4.69) is 6.58 Å². The van der Waals surface area contributed by atoms with Gasteiger partial charge in [-0.3, -0.25) is 0 Å². The van der Waals surface area contributed by atoms with Gasteiger partial charge in [0.05, 0.1) is 12.2 Å². The zero-order chi connectivity index (χ0) is 12.3. The molecule has 5 atom stereocenters. The molecule has 0 amide bonds. The molecular weight excluding hydrogens is 232 g/mol. The Hall–Kier alpha value is -0.130. The number of aliphatic hydroxyl groups excluding tert-OH is 2. The first-order chi connectivity index (χ1) is 7.51. The molecule has 0 aromatic carbocycles. The largest absolute Gasteiger partial charge is 0.388 e. The minimum Gasteiger partial charge on any atom is -0.388 e. The van der Waals surface area contributed by atoms with Crippen LogP contribution in [0.2, 0.25) is 0 Å². The van der Waals surface area contributed by atoms with Crippen LogP contribution in [0.4, 0.5) is 0 Å². The molecule has 1 fully saturated rings. The van der Waals surface area contributed by atoms with Crippen molar-refractivity contribution in [2.24, 2.45) is 0 Å². The van der Waals surface area contributed by atoms with Crippen molar-refractivity contribution < 1.29 is 19.7 Å². The van der Waals surface area contributed by atoms with Crippen LogP contribution in [0.3, 0.4) is 0 Å². The Morgan fingerprint density at radius 3 is 2.56 bits per heavy atom. The van der Waals surface area contributed by atoms with E-state index >= 15 is 0 Å². The standard InChI is InChI=1S/C11H19ClO4/c1-6(5-12)4-8-10(14)11(15-3)9(13)7(2)16-8/h7-11,13-14H,1,4-5H2,2-3H3/t7?,8?,9-,10?,11?/m0/s1. The fraction of sp³-hybridized carbons (Fsp3) is 0.818. The van der Waals surface area contributed by atoms with Gasteiger partial charge in [0.2, 0.25) is 0 Å². The molecule has 0 aliphatic carbocycles. The molecule has 4 unspecified atom stereocenters. The topological polar surface area (TPSA) is 58.9 Å². The predicted molar refractivity (Wildman–Crippen MR) is 61.6 cm³/mol. The monoisotopic (exact) mass is 250 g/mol. The number of alkyl halides is 1. The number of hydrogen-bond acceptors (Lipinski definition) is 4. The van der Waals surface area contributed by atoms with Crippen molar-refractivity contribution in [2.45, 2.75) is 43.9 Å². The molecule has 0 aromatic rings. The van der Waals surface area contributed by atoms with Crippen LogP contribution in [0.1, 0.15) is 13.3 Å². The first-order valence-electron chi connectivity index (χ1n) is 5.28. The van der Waals surface area contributed by atoms with E-state index in [4.69, 9.17) is 21.1 Å². The summed E-state index contributed by atoms with van der Waals surface area (Å²) >= 11 is 5.64. The summed E-state index contributed by atoms with van der Waals surface area (Å²) in [5.41, 5.74) is 0.796. The molecule has 0 spiro atoms. The zero-order valence-electron chi connectivity index (χ0n) is 9.60. The first kappa shape index (κ1) is 13.9. The highest BCUT2D eigenvalue weighted by atomic mass is 35.5. The van der Waals surface area contributed by atoms with E-state index in [9.17, 15) is 10.2 Å². The number of methoxy groups -OCH3 is 1. The quantitative estimate of drug-likeness (QED) is 0.570. The van der Waals surface area contributed by atoms with Crippen LogP contribution >= 0.6 is 11.6 Å². The lowest BCUT2D eigenvalue weighted by Gasteiger charge is -2.41. The Bertz CT molecular complexity index is 246. The molecule has 4 nitrogen and oxygen atoms in total. The number of rotatable bonds is 4. The molecule has 1 aliphatic rings. The molecule has 2 N–H and O–H groups in total. The van der Waals surface area contributed by atoms with Gasteiger partial charge in [-0.2, -0.15) is 0 Å². The number of halogens is 1. The summed E-state index contributed by atoms with van der Waals surface area (Å²) in [5, 5.41) is 19.7. The van der Waals surface area contributed by atoms with Gasteiger partial charge >= 0.3 is 0 Å². The van der Waals surface area contributed by atoms with E-state index in [1.165, 1.54) is 7.11 Å². The van der Waals surface area contributed by atoms with Crippen LogP contribution in [0.25, 0.3) is 0 Å². The second-order valence-corrected chi connectivity index (χ2v) is 4.42. The highest BCUT2D eigenvalue weighted by Crippen LogP contribution is 2.26. The second-order valence-electron chi connectivity index (χ2n) is 4.15. The Labute approximate surface area is 101 Å². The van der Waals surface area contributed by atoms with Crippen molar-refractivity contribution in [1.82, 2.24) is 0 Å². The molecule has 1 aliphatic heterocycles. The molecule has 1 rings (SSSR count). The van der Waals surface area contributed by atoms with Crippen molar-refractivity contribution in [3.05, 3.63) is 12.2 Å². The minimum atomic E-state index is -0.865. The van der Waals surface area contributed by atoms with Crippen LogP contribution < -0.4 is 0 Å². The van der Waals surface area contributed by atoms with Gasteiger partial charge in [-0.05, 0) is 13.3 Å². The molecule has 0 saturated carbocycles. The van der Waals surface area contributed by atoms with E-state index in [0.29, 0.717) is 12.3 Å². The average Bonchev–Trinajstić information content (AvgIpc) is 2.26. The van der Waals surface area contributed by atoms with Gasteiger partial charge in [0.25, 0.3) is 0 Å². The normalized spacial score (nSPS) is 39.7. The van der Waals surface area contributed by atoms with Crippen LogP contribution in [0, 0.1) is 0 Å². The third-order valence-electron chi connectivity index (χ3n) is 2.88. The summed E-state index contributed by atoms with van der Waals surface area (Å²) in [7, 11) is 1.46. The lowest BCUT2D eigenvalue weighted by atomic mass is 9.92. The predicted octanol–water partition coefficient (Wildman–Crippen LogP) is 0.696. The van der Waals surface area contributed by atoms with Gasteiger partial charge in [0.15, 0.2) is 0 Å². The zero-order valence-corrected chi connectivity index (χ0v) is 10.4. The molecule has 5 heteroatoms. The summed E-state index contributed by atoms with van der Waals surface area (Å²) in [6.07, 6.45) is -2.63. The van der Waals surface area contributed by atoms with Crippen molar-refractivity contribution in [3.8, 4) is 0 Å². The molecule has 16 heavy (non-hydrogen) atoms. The maximum atomic E-state index is 9.97. The third-order valence-corrected chi connectivity index (χ3v) is 3.25. The Kier molecular flexibility index (Phi) is 5.21. The minimum absolute atomic E-state index is 0.334. The third kappa shape index (κ3) is 2.96. The molecule has 0 aromatic heterocycles. The van der Waals surface area contributed by atoms with Crippen molar-refractivity contribution in [1.29, 1.82) is 0 Å². The number of aliphatic hydroxyl groups is 2. The smallest absolute Gasteiger partial charge is 0.114 e. The highest BCUT2D eigenvalue weighted by molar-refractivity contribution is 6.19. The Morgan fingerprint density at radius 2 is 2.06 bits per heavy atom. The molecular formula is C11H19ClO4. The van der Waals surface area contributed by atoms with Gasteiger partial charge < -0.3 is 19.7 Å². The maximum Gasteiger partial charge on any atom is 0.114 e. The van der Waals surface area contributed by atoms with Crippen LogP contribution in [-0.2, 0) is 9.47 Å².